The van der Waals surface area contributed by atoms with Gasteiger partial charge in [0.05, 0.1) is 5.52 Å². The lowest BCUT2D eigenvalue weighted by molar-refractivity contribution is -0.130. The monoisotopic (exact) mass is 262 g/mol. The van der Waals surface area contributed by atoms with Gasteiger partial charge in [-0.25, -0.2) is 4.79 Å². The average Bonchev–Trinajstić information content (AvgIpc) is 2.72. The van der Waals surface area contributed by atoms with E-state index in [1.165, 1.54) is 4.57 Å². The Bertz CT molecular complexity index is 627. The molecule has 0 fully saturated rings. The molecule has 5 heteroatoms. The van der Waals surface area contributed by atoms with Crippen molar-refractivity contribution in [1.29, 1.82) is 0 Å². The van der Waals surface area contributed by atoms with E-state index in [0.29, 0.717) is 17.6 Å². The number of para-hydroxylation sites is 2. The quantitative estimate of drug-likeness (QED) is 0.826. The van der Waals surface area contributed by atoms with Crippen LogP contribution in [0.1, 0.15) is 19.8 Å². The van der Waals surface area contributed by atoms with Crippen LogP contribution in [0.4, 0.5) is 0 Å². The molecule has 0 spiro atoms. The van der Waals surface area contributed by atoms with Crippen molar-refractivity contribution in [2.75, 3.05) is 13.6 Å². The number of hydrogen-bond acceptors (Lipinski definition) is 3. The van der Waals surface area contributed by atoms with E-state index in [0.717, 1.165) is 12.8 Å². The van der Waals surface area contributed by atoms with Crippen LogP contribution in [0, 0.1) is 0 Å². The number of oxazole rings is 1. The van der Waals surface area contributed by atoms with Crippen molar-refractivity contribution in [2.24, 2.45) is 0 Å². The Kier molecular flexibility index (Phi) is 4.04. The Morgan fingerprint density at radius 3 is 2.84 bits per heavy atom. The molecule has 102 valence electrons. The number of unbranched alkanes of at least 4 members (excludes halogenated alkanes) is 1. The van der Waals surface area contributed by atoms with E-state index in [1.807, 2.05) is 6.07 Å². The van der Waals surface area contributed by atoms with Gasteiger partial charge < -0.3 is 9.32 Å². The molecule has 0 aliphatic heterocycles. The third kappa shape index (κ3) is 2.86. The number of carbonyl (C=O) groups is 1. The standard InChI is InChI=1S/C14H18N2O3/c1-3-4-9-15(2)13(17)10-16-11-7-5-6-8-12(11)19-14(16)18/h5-8H,3-4,9-10H2,1-2H3. The normalized spacial score (nSPS) is 10.8. The fraction of sp³-hybridized carbons (Fsp3) is 0.429. The van der Waals surface area contributed by atoms with Crippen LogP contribution in [-0.2, 0) is 11.3 Å². The largest absolute Gasteiger partial charge is 0.420 e. The number of amides is 1. The van der Waals surface area contributed by atoms with E-state index < -0.39 is 5.76 Å². The third-order valence-electron chi connectivity index (χ3n) is 3.14. The molecule has 0 unspecified atom stereocenters. The Morgan fingerprint density at radius 1 is 1.37 bits per heavy atom. The number of likely N-dealkylation sites (N-methyl/N-ethyl adjacent to an activating group) is 1. The van der Waals surface area contributed by atoms with Gasteiger partial charge in [0, 0.05) is 13.6 Å². The van der Waals surface area contributed by atoms with Gasteiger partial charge >= 0.3 is 5.76 Å². The third-order valence-corrected chi connectivity index (χ3v) is 3.14. The second-order valence-electron chi connectivity index (χ2n) is 4.59. The molecule has 0 N–H and O–H groups in total. The van der Waals surface area contributed by atoms with Crippen molar-refractivity contribution in [3.63, 3.8) is 0 Å². The van der Waals surface area contributed by atoms with Crippen LogP contribution in [0.3, 0.4) is 0 Å². The molecule has 2 rings (SSSR count). The molecule has 0 saturated carbocycles. The van der Waals surface area contributed by atoms with Gasteiger partial charge in [-0.3, -0.25) is 9.36 Å². The van der Waals surface area contributed by atoms with Gasteiger partial charge in [-0.2, -0.15) is 0 Å². The van der Waals surface area contributed by atoms with Crippen LogP contribution in [0.15, 0.2) is 33.5 Å². The summed E-state index contributed by atoms with van der Waals surface area (Å²) in [5.41, 5.74) is 1.17. The van der Waals surface area contributed by atoms with E-state index in [9.17, 15) is 9.59 Å². The van der Waals surface area contributed by atoms with Gasteiger partial charge in [0.2, 0.25) is 5.91 Å². The van der Waals surface area contributed by atoms with Crippen LogP contribution in [0.25, 0.3) is 11.1 Å². The Morgan fingerprint density at radius 2 is 2.11 bits per heavy atom. The molecule has 0 bridgehead atoms. The summed E-state index contributed by atoms with van der Waals surface area (Å²) in [5.74, 6) is -0.569. The summed E-state index contributed by atoms with van der Waals surface area (Å²) in [6, 6.07) is 7.11. The van der Waals surface area contributed by atoms with Crippen molar-refractivity contribution in [2.45, 2.75) is 26.3 Å². The van der Waals surface area contributed by atoms with Crippen molar-refractivity contribution in [3.8, 4) is 0 Å². The molecule has 1 heterocycles. The molecular formula is C14H18N2O3. The molecule has 1 aromatic heterocycles. The number of aromatic nitrogens is 1. The lowest BCUT2D eigenvalue weighted by Crippen LogP contribution is -2.33. The number of fused-ring (bicyclic) bond motifs is 1. The molecule has 0 aliphatic rings. The van der Waals surface area contributed by atoms with E-state index in [1.54, 1.807) is 30.1 Å². The summed E-state index contributed by atoms with van der Waals surface area (Å²) in [6.07, 6.45) is 2.00. The van der Waals surface area contributed by atoms with Crippen molar-refractivity contribution in [3.05, 3.63) is 34.8 Å². The molecule has 0 aliphatic carbocycles. The second-order valence-corrected chi connectivity index (χ2v) is 4.59. The molecule has 0 radical (unpaired) electrons. The average molecular weight is 262 g/mol. The zero-order valence-corrected chi connectivity index (χ0v) is 11.3. The topological polar surface area (TPSA) is 55.5 Å². The predicted octanol–water partition coefficient (Wildman–Crippen LogP) is 1.85. The first-order chi connectivity index (χ1) is 9.13. The maximum atomic E-state index is 12.0. The maximum Gasteiger partial charge on any atom is 0.420 e. The zero-order chi connectivity index (χ0) is 13.8. The van der Waals surface area contributed by atoms with Crippen LogP contribution in [0.2, 0.25) is 0 Å². The molecule has 5 nitrogen and oxygen atoms in total. The summed E-state index contributed by atoms with van der Waals surface area (Å²) >= 11 is 0. The highest BCUT2D eigenvalue weighted by molar-refractivity contribution is 5.79. The Hall–Kier alpha value is -2.04. The second kappa shape index (κ2) is 5.73. The molecule has 19 heavy (non-hydrogen) atoms. The highest BCUT2D eigenvalue weighted by Crippen LogP contribution is 2.11. The fourth-order valence-electron chi connectivity index (χ4n) is 1.94. The van der Waals surface area contributed by atoms with Crippen LogP contribution in [0.5, 0.6) is 0 Å². The number of hydrogen-bond donors (Lipinski definition) is 0. The Labute approximate surface area is 111 Å². The van der Waals surface area contributed by atoms with Crippen LogP contribution >= 0.6 is 0 Å². The number of nitrogens with zero attached hydrogens (tertiary/aromatic N) is 2. The maximum absolute atomic E-state index is 12.0. The number of rotatable bonds is 5. The first-order valence-corrected chi connectivity index (χ1v) is 6.45. The molecule has 0 saturated heterocycles. The van der Waals surface area contributed by atoms with E-state index in [2.05, 4.69) is 6.92 Å². The summed E-state index contributed by atoms with van der Waals surface area (Å²) < 4.78 is 6.47. The highest BCUT2D eigenvalue weighted by Gasteiger charge is 2.14. The summed E-state index contributed by atoms with van der Waals surface area (Å²) in [5, 5.41) is 0. The van der Waals surface area contributed by atoms with Gasteiger partial charge in [0.1, 0.15) is 6.54 Å². The SMILES string of the molecule is CCCCN(C)C(=O)Cn1c(=O)oc2ccccc21. The predicted molar refractivity (Wildman–Crippen MR) is 73.0 cm³/mol. The van der Waals surface area contributed by atoms with Gasteiger partial charge in [-0.05, 0) is 18.6 Å². The molecule has 2 aromatic rings. The highest BCUT2D eigenvalue weighted by atomic mass is 16.4. The zero-order valence-electron chi connectivity index (χ0n) is 11.3. The first kappa shape index (κ1) is 13.4. The van der Waals surface area contributed by atoms with Crippen molar-refractivity contribution < 1.29 is 9.21 Å². The summed E-state index contributed by atoms with van der Waals surface area (Å²) in [7, 11) is 1.76. The minimum atomic E-state index is -0.488. The molecule has 1 amide bonds. The van der Waals surface area contributed by atoms with Crippen LogP contribution < -0.4 is 5.76 Å². The summed E-state index contributed by atoms with van der Waals surface area (Å²) in [4.78, 5) is 25.4. The summed E-state index contributed by atoms with van der Waals surface area (Å²) in [6.45, 7) is 2.81. The van der Waals surface area contributed by atoms with Crippen LogP contribution in [-0.4, -0.2) is 29.0 Å². The molecular weight excluding hydrogens is 244 g/mol. The van der Waals surface area contributed by atoms with Gasteiger partial charge in [0.15, 0.2) is 5.58 Å². The fourth-order valence-corrected chi connectivity index (χ4v) is 1.94. The van der Waals surface area contributed by atoms with Gasteiger partial charge in [-0.1, -0.05) is 25.5 Å². The number of carbonyl (C=O) groups excluding carboxylic acids is 1. The first-order valence-electron chi connectivity index (χ1n) is 6.45. The minimum Gasteiger partial charge on any atom is -0.408 e. The van der Waals surface area contributed by atoms with Gasteiger partial charge in [-0.15, -0.1) is 0 Å². The lowest BCUT2D eigenvalue weighted by Gasteiger charge is -2.16. The van der Waals surface area contributed by atoms with Crippen molar-refractivity contribution >= 4 is 17.0 Å². The van der Waals surface area contributed by atoms with Crippen molar-refractivity contribution in [1.82, 2.24) is 9.47 Å². The van der Waals surface area contributed by atoms with E-state index in [4.69, 9.17) is 4.42 Å². The minimum absolute atomic E-state index is 0.0239. The molecule has 1 aromatic carbocycles. The molecule has 0 atom stereocenters. The smallest absolute Gasteiger partial charge is 0.408 e. The lowest BCUT2D eigenvalue weighted by atomic mass is 10.3. The van der Waals surface area contributed by atoms with E-state index in [-0.39, 0.29) is 12.5 Å². The van der Waals surface area contributed by atoms with E-state index >= 15 is 0 Å². The number of benzene rings is 1. The van der Waals surface area contributed by atoms with Gasteiger partial charge in [0.25, 0.3) is 0 Å². The Balaban J connectivity index is 2.19.